The van der Waals surface area contributed by atoms with Gasteiger partial charge in [-0.2, -0.15) is 0 Å². The summed E-state index contributed by atoms with van der Waals surface area (Å²) < 4.78 is 5.39. The average Bonchev–Trinajstić information content (AvgIpc) is 3.30. The molecule has 32 heavy (non-hydrogen) atoms. The highest BCUT2D eigenvalue weighted by Crippen LogP contribution is 2.37. The molecule has 2 heterocycles. The first-order chi connectivity index (χ1) is 15.5. The van der Waals surface area contributed by atoms with E-state index >= 15 is 0 Å². The maximum atomic E-state index is 13.2. The van der Waals surface area contributed by atoms with E-state index in [1.807, 2.05) is 6.07 Å². The topological polar surface area (TPSA) is 85.3 Å². The largest absolute Gasteiger partial charge is 0.507 e. The third-order valence-electron chi connectivity index (χ3n) is 6.18. The first-order valence-corrected chi connectivity index (χ1v) is 11.5. The number of carbonyl (C=O) groups is 1. The lowest BCUT2D eigenvalue weighted by Gasteiger charge is -2.27. The van der Waals surface area contributed by atoms with Gasteiger partial charge < -0.3 is 25.2 Å². The molecular weight excluding hydrogens is 430 g/mol. The van der Waals surface area contributed by atoms with E-state index in [9.17, 15) is 15.0 Å². The van der Waals surface area contributed by atoms with E-state index in [4.69, 9.17) is 16.3 Å². The Bertz CT molecular complexity index is 949. The molecule has 2 aromatic rings. The molecule has 8 heteroatoms. The van der Waals surface area contributed by atoms with Gasteiger partial charge in [0.25, 0.3) is 5.91 Å². The summed E-state index contributed by atoms with van der Waals surface area (Å²) in [4.78, 5) is 17.3. The van der Waals surface area contributed by atoms with Gasteiger partial charge in [0.1, 0.15) is 11.5 Å². The van der Waals surface area contributed by atoms with Gasteiger partial charge in [-0.3, -0.25) is 9.69 Å². The van der Waals surface area contributed by atoms with Gasteiger partial charge in [-0.15, -0.1) is 0 Å². The predicted molar refractivity (Wildman–Crippen MR) is 123 cm³/mol. The van der Waals surface area contributed by atoms with Gasteiger partial charge in [0.2, 0.25) is 0 Å². The summed E-state index contributed by atoms with van der Waals surface area (Å²) >= 11 is 5.97. The molecular formula is C24H30ClN3O4. The molecule has 0 spiro atoms. The number of hydrogen-bond acceptors (Lipinski definition) is 6. The second-order valence-electron chi connectivity index (χ2n) is 8.35. The van der Waals surface area contributed by atoms with E-state index in [2.05, 4.69) is 28.4 Å². The van der Waals surface area contributed by atoms with Crippen molar-refractivity contribution in [3.8, 4) is 11.5 Å². The van der Waals surface area contributed by atoms with Crippen molar-refractivity contribution in [2.75, 3.05) is 45.9 Å². The van der Waals surface area contributed by atoms with Gasteiger partial charge >= 0.3 is 0 Å². The quantitative estimate of drug-likeness (QED) is 0.551. The van der Waals surface area contributed by atoms with Gasteiger partial charge in [-0.05, 0) is 30.0 Å². The van der Waals surface area contributed by atoms with E-state index in [-0.39, 0.29) is 34.0 Å². The highest BCUT2D eigenvalue weighted by molar-refractivity contribution is 6.32. The van der Waals surface area contributed by atoms with Crippen molar-refractivity contribution in [2.24, 2.45) is 0 Å². The average molecular weight is 460 g/mol. The molecule has 3 N–H and O–H groups in total. The second-order valence-corrected chi connectivity index (χ2v) is 8.76. The van der Waals surface area contributed by atoms with Crippen molar-refractivity contribution < 1.29 is 19.7 Å². The minimum atomic E-state index is -0.277. The summed E-state index contributed by atoms with van der Waals surface area (Å²) in [6, 6.07) is 10.7. The summed E-state index contributed by atoms with van der Waals surface area (Å²) in [6.45, 7) is 6.91. The van der Waals surface area contributed by atoms with Gasteiger partial charge in [0.05, 0.1) is 29.8 Å². The molecule has 0 aliphatic carbocycles. The molecule has 2 aliphatic heterocycles. The van der Waals surface area contributed by atoms with Crippen LogP contribution in [0.1, 0.15) is 40.4 Å². The van der Waals surface area contributed by atoms with E-state index < -0.39 is 0 Å². The fourth-order valence-corrected chi connectivity index (χ4v) is 4.60. The number of nitrogens with zero attached hydrogens (tertiary/aromatic N) is 2. The fraction of sp³-hybridized carbons (Fsp3) is 0.458. The van der Waals surface area contributed by atoms with Crippen LogP contribution in [0.3, 0.4) is 0 Å². The molecule has 2 saturated heterocycles. The number of nitrogens with one attached hydrogen (secondary N) is 1. The van der Waals surface area contributed by atoms with Crippen molar-refractivity contribution in [3.05, 3.63) is 58.1 Å². The summed E-state index contributed by atoms with van der Waals surface area (Å²) in [5, 5.41) is 23.4. The zero-order valence-corrected chi connectivity index (χ0v) is 18.9. The van der Waals surface area contributed by atoms with Crippen molar-refractivity contribution >= 4 is 17.5 Å². The van der Waals surface area contributed by atoms with Gasteiger partial charge in [0.15, 0.2) is 0 Å². The maximum absolute atomic E-state index is 13.2. The van der Waals surface area contributed by atoms with Crippen molar-refractivity contribution in [1.29, 1.82) is 0 Å². The summed E-state index contributed by atoms with van der Waals surface area (Å²) in [5.74, 6) is -0.783. The Morgan fingerprint density at radius 2 is 1.94 bits per heavy atom. The number of likely N-dealkylation sites (tertiary alicyclic amines) is 1. The van der Waals surface area contributed by atoms with Crippen LogP contribution in [0.25, 0.3) is 0 Å². The normalized spacial score (nSPS) is 19.4. The van der Waals surface area contributed by atoms with Crippen LogP contribution in [0, 0.1) is 0 Å². The SMILES string of the molecule is O=C(c1cc(Cl)c(O)cc1O)N1CCCC1c1cccc(CNCCN2CCOCC2)c1. The molecule has 2 aromatic carbocycles. The molecule has 0 saturated carbocycles. The van der Waals surface area contributed by atoms with E-state index in [1.165, 1.54) is 11.6 Å². The van der Waals surface area contributed by atoms with E-state index in [0.29, 0.717) is 6.54 Å². The van der Waals surface area contributed by atoms with Crippen molar-refractivity contribution in [3.63, 3.8) is 0 Å². The minimum absolute atomic E-state index is 0.0482. The summed E-state index contributed by atoms with van der Waals surface area (Å²) in [6.07, 6.45) is 1.76. The molecule has 1 atom stereocenters. The Hall–Kier alpha value is -2.32. The predicted octanol–water partition coefficient (Wildman–Crippen LogP) is 3.15. The lowest BCUT2D eigenvalue weighted by atomic mass is 10.0. The molecule has 0 radical (unpaired) electrons. The maximum Gasteiger partial charge on any atom is 0.258 e. The van der Waals surface area contributed by atoms with Crippen LogP contribution in [-0.2, 0) is 11.3 Å². The van der Waals surface area contributed by atoms with Crippen LogP contribution < -0.4 is 5.32 Å². The monoisotopic (exact) mass is 459 g/mol. The summed E-state index contributed by atoms with van der Waals surface area (Å²) in [7, 11) is 0. The van der Waals surface area contributed by atoms with Crippen LogP contribution in [0.4, 0.5) is 0 Å². The van der Waals surface area contributed by atoms with Crippen molar-refractivity contribution in [1.82, 2.24) is 15.1 Å². The second kappa shape index (κ2) is 10.5. The lowest BCUT2D eigenvalue weighted by Crippen LogP contribution is -2.40. The Labute approximate surface area is 193 Å². The lowest BCUT2D eigenvalue weighted by molar-refractivity contribution is 0.0384. The first kappa shape index (κ1) is 22.9. The molecule has 0 aromatic heterocycles. The van der Waals surface area contributed by atoms with E-state index in [0.717, 1.165) is 70.4 Å². The molecule has 1 unspecified atom stereocenters. The summed E-state index contributed by atoms with van der Waals surface area (Å²) in [5.41, 5.74) is 2.38. The van der Waals surface area contributed by atoms with Crippen LogP contribution in [0.5, 0.6) is 11.5 Å². The fourth-order valence-electron chi connectivity index (χ4n) is 4.44. The van der Waals surface area contributed by atoms with Crippen LogP contribution >= 0.6 is 11.6 Å². The number of ether oxygens (including phenoxy) is 1. The van der Waals surface area contributed by atoms with Crippen molar-refractivity contribution in [2.45, 2.75) is 25.4 Å². The van der Waals surface area contributed by atoms with E-state index in [1.54, 1.807) is 4.90 Å². The Kier molecular flexibility index (Phi) is 7.52. The number of halogens is 1. The molecule has 2 aliphatic rings. The number of carbonyl (C=O) groups excluding carboxylic acids is 1. The Morgan fingerprint density at radius 1 is 1.12 bits per heavy atom. The highest BCUT2D eigenvalue weighted by Gasteiger charge is 2.32. The van der Waals surface area contributed by atoms with Gasteiger partial charge in [0, 0.05) is 45.3 Å². The highest BCUT2D eigenvalue weighted by atomic mass is 35.5. The van der Waals surface area contributed by atoms with Crippen LogP contribution in [0.2, 0.25) is 5.02 Å². The molecule has 1 amide bonds. The number of aromatic hydroxyl groups is 2. The van der Waals surface area contributed by atoms with Crippen LogP contribution in [0.15, 0.2) is 36.4 Å². The number of benzene rings is 2. The van der Waals surface area contributed by atoms with Gasteiger partial charge in [-0.1, -0.05) is 35.9 Å². The Balaban J connectivity index is 1.39. The zero-order chi connectivity index (χ0) is 22.5. The number of hydrogen-bond donors (Lipinski definition) is 3. The zero-order valence-electron chi connectivity index (χ0n) is 18.1. The number of morpholine rings is 1. The smallest absolute Gasteiger partial charge is 0.258 e. The number of phenolic OH excluding ortho intramolecular Hbond substituents is 2. The third-order valence-corrected chi connectivity index (χ3v) is 6.49. The molecule has 7 nitrogen and oxygen atoms in total. The van der Waals surface area contributed by atoms with Crippen LogP contribution in [-0.4, -0.2) is 71.9 Å². The number of amides is 1. The standard InChI is InChI=1S/C24H30ClN3O4/c25-20-14-19(22(29)15-23(20)30)24(31)28-7-2-5-21(28)18-4-1-3-17(13-18)16-26-6-8-27-9-11-32-12-10-27/h1,3-4,13-15,21,26,29-30H,2,5-12,16H2. The molecule has 4 rings (SSSR count). The molecule has 0 bridgehead atoms. The Morgan fingerprint density at radius 3 is 2.75 bits per heavy atom. The molecule has 172 valence electrons. The van der Waals surface area contributed by atoms with Gasteiger partial charge in [-0.25, -0.2) is 0 Å². The third kappa shape index (κ3) is 5.35. The number of phenols is 2. The number of rotatable bonds is 7. The molecule has 2 fully saturated rings. The first-order valence-electron chi connectivity index (χ1n) is 11.1. The minimum Gasteiger partial charge on any atom is -0.507 e.